The van der Waals surface area contributed by atoms with Crippen LogP contribution in [0.4, 0.5) is 0 Å². The summed E-state index contributed by atoms with van der Waals surface area (Å²) in [5.74, 6) is 0.167. The molecule has 1 amide bonds. The van der Waals surface area contributed by atoms with Crippen LogP contribution in [0.25, 0.3) is 16.6 Å². The topological polar surface area (TPSA) is 60.9 Å². The summed E-state index contributed by atoms with van der Waals surface area (Å²) in [7, 11) is 0. The summed E-state index contributed by atoms with van der Waals surface area (Å²) < 4.78 is 1.81. The minimum Gasteiger partial charge on any atom is -0.366 e. The highest BCUT2D eigenvalue weighted by atomic mass is 16.1. The highest BCUT2D eigenvalue weighted by molar-refractivity contribution is 6.04. The third-order valence-electron chi connectivity index (χ3n) is 4.83. The molecule has 1 heterocycles. The van der Waals surface area contributed by atoms with Crippen LogP contribution in [0, 0.1) is 0 Å². The van der Waals surface area contributed by atoms with Crippen molar-refractivity contribution in [3.63, 3.8) is 0 Å². The molecule has 0 radical (unpaired) electrons. The minimum atomic E-state index is -0.451. The standard InChI is InChI=1S/C21H25N3O/c1-3-5-7-15(4-2)16-10-12-18(13-11-16)24-14-17-8-6-9-19(21(22)25)20(17)23-24/h6,8-15H,3-5,7H2,1-2H3,(H2,22,25)/t15-/m0/s1. The number of amides is 1. The summed E-state index contributed by atoms with van der Waals surface area (Å²) in [6.45, 7) is 4.48. The Morgan fingerprint density at radius 3 is 2.56 bits per heavy atom. The summed E-state index contributed by atoms with van der Waals surface area (Å²) >= 11 is 0. The third kappa shape index (κ3) is 3.58. The molecule has 0 aliphatic rings. The lowest BCUT2D eigenvalue weighted by atomic mass is 9.91. The zero-order chi connectivity index (χ0) is 17.8. The van der Waals surface area contributed by atoms with Gasteiger partial charge < -0.3 is 5.73 Å². The molecule has 0 saturated heterocycles. The van der Waals surface area contributed by atoms with E-state index in [1.807, 2.05) is 23.0 Å². The zero-order valence-electron chi connectivity index (χ0n) is 14.9. The Labute approximate surface area is 148 Å². The summed E-state index contributed by atoms with van der Waals surface area (Å²) in [5.41, 5.74) is 8.92. The van der Waals surface area contributed by atoms with Crippen molar-refractivity contribution < 1.29 is 4.79 Å². The lowest BCUT2D eigenvalue weighted by Crippen LogP contribution is -2.11. The van der Waals surface area contributed by atoms with E-state index in [4.69, 9.17) is 5.73 Å². The van der Waals surface area contributed by atoms with Crippen LogP contribution in [0.3, 0.4) is 0 Å². The molecule has 130 valence electrons. The number of fused-ring (bicyclic) bond motifs is 1. The van der Waals surface area contributed by atoms with Gasteiger partial charge in [-0.05, 0) is 42.5 Å². The van der Waals surface area contributed by atoms with Gasteiger partial charge in [0.1, 0.15) is 5.52 Å². The van der Waals surface area contributed by atoms with E-state index >= 15 is 0 Å². The maximum absolute atomic E-state index is 11.6. The highest BCUT2D eigenvalue weighted by Gasteiger charge is 2.12. The Morgan fingerprint density at radius 1 is 1.16 bits per heavy atom. The summed E-state index contributed by atoms with van der Waals surface area (Å²) in [6.07, 6.45) is 6.83. The Balaban J connectivity index is 1.91. The Morgan fingerprint density at radius 2 is 1.92 bits per heavy atom. The molecule has 2 aromatic carbocycles. The molecule has 4 heteroatoms. The number of hydrogen-bond donors (Lipinski definition) is 1. The van der Waals surface area contributed by atoms with Gasteiger partial charge in [-0.1, -0.05) is 51.0 Å². The Bertz CT molecular complexity index is 864. The van der Waals surface area contributed by atoms with Crippen molar-refractivity contribution in [3.05, 3.63) is 59.8 Å². The van der Waals surface area contributed by atoms with Gasteiger partial charge in [0.05, 0.1) is 11.3 Å². The fraction of sp³-hybridized carbons (Fsp3) is 0.333. The molecule has 3 rings (SSSR count). The van der Waals surface area contributed by atoms with Crippen LogP contribution >= 0.6 is 0 Å². The summed E-state index contributed by atoms with van der Waals surface area (Å²) in [6, 6.07) is 14.1. The lowest BCUT2D eigenvalue weighted by Gasteiger charge is -2.15. The van der Waals surface area contributed by atoms with E-state index in [0.717, 1.165) is 17.5 Å². The number of benzene rings is 2. The van der Waals surface area contributed by atoms with Crippen LogP contribution < -0.4 is 5.73 Å². The molecule has 0 spiro atoms. The number of unbranched alkanes of at least 4 members (excludes halogenated alkanes) is 1. The van der Waals surface area contributed by atoms with Gasteiger partial charge in [0, 0.05) is 11.6 Å². The zero-order valence-corrected chi connectivity index (χ0v) is 14.9. The molecule has 1 atom stereocenters. The van der Waals surface area contributed by atoms with Crippen LogP contribution in [0.1, 0.15) is 61.4 Å². The van der Waals surface area contributed by atoms with E-state index in [9.17, 15) is 4.79 Å². The van der Waals surface area contributed by atoms with Gasteiger partial charge in [-0.2, -0.15) is 5.10 Å². The first kappa shape index (κ1) is 17.2. The van der Waals surface area contributed by atoms with Gasteiger partial charge in [-0.3, -0.25) is 4.79 Å². The number of nitrogens with two attached hydrogens (primary N) is 1. The highest BCUT2D eigenvalue weighted by Crippen LogP contribution is 2.27. The monoisotopic (exact) mass is 335 g/mol. The van der Waals surface area contributed by atoms with Crippen molar-refractivity contribution in [1.82, 2.24) is 9.78 Å². The van der Waals surface area contributed by atoms with Crippen LogP contribution in [0.2, 0.25) is 0 Å². The molecule has 2 N–H and O–H groups in total. The maximum atomic E-state index is 11.6. The largest absolute Gasteiger partial charge is 0.366 e. The lowest BCUT2D eigenvalue weighted by molar-refractivity contribution is 0.100. The van der Waals surface area contributed by atoms with E-state index in [1.54, 1.807) is 6.07 Å². The fourth-order valence-electron chi connectivity index (χ4n) is 3.33. The SMILES string of the molecule is CCCC[C@H](CC)c1ccc(-n2cc3cccc(C(N)=O)c3n2)cc1. The molecule has 0 unspecified atom stereocenters. The number of hydrogen-bond acceptors (Lipinski definition) is 2. The van der Waals surface area contributed by atoms with Crippen LogP contribution in [0.5, 0.6) is 0 Å². The molecule has 4 nitrogen and oxygen atoms in total. The van der Waals surface area contributed by atoms with E-state index in [0.29, 0.717) is 17.0 Å². The average molecular weight is 335 g/mol. The second-order valence-corrected chi connectivity index (χ2v) is 6.52. The molecule has 0 aliphatic carbocycles. The number of rotatable bonds is 7. The Hall–Kier alpha value is -2.62. The molecular weight excluding hydrogens is 310 g/mol. The number of nitrogens with zero attached hydrogens (tertiary/aromatic N) is 2. The van der Waals surface area contributed by atoms with Gasteiger partial charge in [-0.15, -0.1) is 0 Å². The fourth-order valence-corrected chi connectivity index (χ4v) is 3.33. The summed E-state index contributed by atoms with van der Waals surface area (Å²) in [5, 5.41) is 5.48. The average Bonchev–Trinajstić information content (AvgIpc) is 3.07. The second-order valence-electron chi connectivity index (χ2n) is 6.52. The van der Waals surface area contributed by atoms with Crippen molar-refractivity contribution >= 4 is 16.8 Å². The molecule has 1 aromatic heterocycles. The van der Waals surface area contributed by atoms with Gasteiger partial charge in [0.15, 0.2) is 0 Å². The molecule has 0 fully saturated rings. The number of carbonyl (C=O) groups is 1. The molecular formula is C21H25N3O. The van der Waals surface area contributed by atoms with Crippen molar-refractivity contribution in [2.24, 2.45) is 5.73 Å². The minimum absolute atomic E-state index is 0.451. The van der Waals surface area contributed by atoms with Crippen LogP contribution in [-0.2, 0) is 0 Å². The molecule has 3 aromatic rings. The Kier molecular flexibility index (Phi) is 5.17. The number of primary amides is 1. The number of aromatic nitrogens is 2. The molecule has 0 bridgehead atoms. The molecule has 0 aliphatic heterocycles. The van der Waals surface area contributed by atoms with E-state index in [-0.39, 0.29) is 0 Å². The number of carbonyl (C=O) groups excluding carboxylic acids is 1. The van der Waals surface area contributed by atoms with Crippen molar-refractivity contribution in [2.75, 3.05) is 0 Å². The van der Waals surface area contributed by atoms with Crippen molar-refractivity contribution in [2.45, 2.75) is 45.4 Å². The van der Waals surface area contributed by atoms with Crippen molar-refractivity contribution in [1.29, 1.82) is 0 Å². The van der Waals surface area contributed by atoms with Crippen LogP contribution in [-0.4, -0.2) is 15.7 Å². The molecule has 25 heavy (non-hydrogen) atoms. The molecule has 0 saturated carbocycles. The third-order valence-corrected chi connectivity index (χ3v) is 4.83. The first-order chi connectivity index (χ1) is 12.1. The van der Waals surface area contributed by atoms with E-state index < -0.39 is 5.91 Å². The van der Waals surface area contributed by atoms with E-state index in [2.05, 4.69) is 43.2 Å². The smallest absolute Gasteiger partial charge is 0.250 e. The second kappa shape index (κ2) is 7.51. The first-order valence-corrected chi connectivity index (χ1v) is 9.02. The predicted molar refractivity (Wildman–Crippen MR) is 102 cm³/mol. The van der Waals surface area contributed by atoms with Gasteiger partial charge in [0.2, 0.25) is 0 Å². The first-order valence-electron chi connectivity index (χ1n) is 9.02. The quantitative estimate of drug-likeness (QED) is 0.673. The van der Waals surface area contributed by atoms with Crippen LogP contribution in [0.15, 0.2) is 48.7 Å². The van der Waals surface area contributed by atoms with Gasteiger partial charge >= 0.3 is 0 Å². The predicted octanol–water partition coefficient (Wildman–Crippen LogP) is 4.81. The summed E-state index contributed by atoms with van der Waals surface area (Å²) in [4.78, 5) is 11.6. The van der Waals surface area contributed by atoms with Crippen molar-refractivity contribution in [3.8, 4) is 5.69 Å². The van der Waals surface area contributed by atoms with E-state index in [1.165, 1.54) is 24.8 Å². The van der Waals surface area contributed by atoms with Gasteiger partial charge in [0.25, 0.3) is 5.91 Å². The normalized spacial score (nSPS) is 12.4. The maximum Gasteiger partial charge on any atom is 0.250 e. The van der Waals surface area contributed by atoms with Gasteiger partial charge in [-0.25, -0.2) is 4.68 Å².